The van der Waals surface area contributed by atoms with Crippen molar-refractivity contribution in [2.75, 3.05) is 39.9 Å². The Morgan fingerprint density at radius 3 is 2.57 bits per heavy atom. The van der Waals surface area contributed by atoms with Crippen LogP contribution in [0, 0.1) is 12.8 Å². The molecule has 1 saturated carbocycles. The van der Waals surface area contributed by atoms with E-state index in [1.807, 2.05) is 0 Å². The number of fused-ring (bicyclic) bond motifs is 3. The summed E-state index contributed by atoms with van der Waals surface area (Å²) in [6, 6.07) is 8.88. The minimum atomic E-state index is -0.244. The number of hydrogen-bond donors (Lipinski definition) is 0. The lowest BCUT2D eigenvalue weighted by molar-refractivity contribution is -0.135. The van der Waals surface area contributed by atoms with Crippen LogP contribution in [0.4, 0.5) is 0 Å². The molecule has 3 fully saturated rings. The molecular weight excluding hydrogens is 288 g/mol. The minimum absolute atomic E-state index is 0.244. The van der Waals surface area contributed by atoms with Gasteiger partial charge >= 0.3 is 0 Å². The molecule has 23 heavy (non-hydrogen) atoms. The Balaban J connectivity index is 1.58. The number of carbonyl (C=O) groups is 1. The zero-order chi connectivity index (χ0) is 16.0. The summed E-state index contributed by atoms with van der Waals surface area (Å²) < 4.78 is 5.78. The summed E-state index contributed by atoms with van der Waals surface area (Å²) >= 11 is 0. The molecule has 1 aromatic carbocycles. The highest BCUT2D eigenvalue weighted by Crippen LogP contribution is 2.50. The minimum Gasteiger partial charge on any atom is -0.379 e. The molecule has 1 aromatic rings. The Morgan fingerprint density at radius 1 is 1.13 bits per heavy atom. The van der Waals surface area contributed by atoms with Crippen molar-refractivity contribution in [3.63, 3.8) is 0 Å². The molecule has 4 nitrogen and oxygen atoms in total. The van der Waals surface area contributed by atoms with Crippen LogP contribution in [0.1, 0.15) is 24.0 Å². The van der Waals surface area contributed by atoms with Gasteiger partial charge in [0.15, 0.2) is 0 Å². The first kappa shape index (κ1) is 15.2. The first-order valence-corrected chi connectivity index (χ1v) is 8.73. The monoisotopic (exact) mass is 314 g/mol. The quantitative estimate of drug-likeness (QED) is 0.835. The predicted molar refractivity (Wildman–Crippen MR) is 89.4 cm³/mol. The molecule has 124 valence electrons. The molecule has 0 N–H and O–H groups in total. The second-order valence-corrected chi connectivity index (χ2v) is 7.66. The number of rotatable bonds is 2. The molecule has 1 amide bonds. The molecule has 0 spiro atoms. The van der Waals surface area contributed by atoms with Gasteiger partial charge in [0.05, 0.1) is 24.7 Å². The molecule has 2 atom stereocenters. The number of amides is 1. The van der Waals surface area contributed by atoms with E-state index in [-0.39, 0.29) is 5.41 Å². The van der Waals surface area contributed by atoms with Gasteiger partial charge < -0.3 is 9.64 Å². The Labute approximate surface area is 138 Å². The lowest BCUT2D eigenvalue weighted by Gasteiger charge is -2.32. The van der Waals surface area contributed by atoms with E-state index in [1.54, 1.807) is 0 Å². The summed E-state index contributed by atoms with van der Waals surface area (Å²) in [7, 11) is 2.16. The molecule has 1 aliphatic carbocycles. The van der Waals surface area contributed by atoms with Crippen LogP contribution in [0.25, 0.3) is 0 Å². The van der Waals surface area contributed by atoms with Crippen molar-refractivity contribution < 1.29 is 9.53 Å². The van der Waals surface area contributed by atoms with Crippen LogP contribution in [0.3, 0.4) is 0 Å². The van der Waals surface area contributed by atoms with Crippen LogP contribution in [0.15, 0.2) is 24.3 Å². The molecule has 4 heteroatoms. The lowest BCUT2D eigenvalue weighted by atomic mass is 9.93. The normalized spacial score (nSPS) is 29.9. The van der Waals surface area contributed by atoms with Gasteiger partial charge in [-0.25, -0.2) is 0 Å². The zero-order valence-electron chi connectivity index (χ0n) is 14.1. The number of carbonyl (C=O) groups excluding carboxylic acids is 1. The molecule has 2 saturated heterocycles. The third-order valence-electron chi connectivity index (χ3n) is 5.79. The average Bonchev–Trinajstić information content (AvgIpc) is 3.32. The third-order valence-corrected chi connectivity index (χ3v) is 5.79. The van der Waals surface area contributed by atoms with Crippen LogP contribution in [0.2, 0.25) is 0 Å². The highest BCUT2D eigenvalue weighted by atomic mass is 16.5. The lowest BCUT2D eigenvalue weighted by Crippen LogP contribution is -2.48. The van der Waals surface area contributed by atoms with Crippen molar-refractivity contribution in [2.24, 2.45) is 5.92 Å². The van der Waals surface area contributed by atoms with Gasteiger partial charge in [-0.05, 0) is 32.4 Å². The highest BCUT2D eigenvalue weighted by molar-refractivity contribution is 5.91. The van der Waals surface area contributed by atoms with Gasteiger partial charge in [-0.1, -0.05) is 29.8 Å². The van der Waals surface area contributed by atoms with Crippen LogP contribution < -0.4 is 0 Å². The maximum absolute atomic E-state index is 13.3. The van der Waals surface area contributed by atoms with Crippen molar-refractivity contribution in [3.8, 4) is 0 Å². The SMILES string of the molecule is Cc1ccc(C2(C(=O)N3C[C@@H]4COC[C@H](C3)N(C)C4)CC2)cc1. The zero-order valence-corrected chi connectivity index (χ0v) is 14.1. The fraction of sp³-hybridized carbons (Fsp3) is 0.632. The third kappa shape index (κ3) is 2.68. The fourth-order valence-electron chi connectivity index (χ4n) is 4.14. The second-order valence-electron chi connectivity index (χ2n) is 7.66. The smallest absolute Gasteiger partial charge is 0.233 e. The second kappa shape index (κ2) is 5.60. The van der Waals surface area contributed by atoms with Gasteiger partial charge in [-0.2, -0.15) is 0 Å². The summed E-state index contributed by atoms with van der Waals surface area (Å²) in [6.45, 7) is 6.30. The molecule has 3 aliphatic rings. The number of hydrogen-bond acceptors (Lipinski definition) is 3. The predicted octanol–water partition coefficient (Wildman–Crippen LogP) is 1.82. The van der Waals surface area contributed by atoms with E-state index in [0.717, 1.165) is 45.7 Å². The molecule has 2 aliphatic heterocycles. The topological polar surface area (TPSA) is 32.8 Å². The van der Waals surface area contributed by atoms with E-state index in [2.05, 4.69) is 48.0 Å². The van der Waals surface area contributed by atoms with Crippen molar-refractivity contribution in [1.29, 1.82) is 0 Å². The summed E-state index contributed by atoms with van der Waals surface area (Å²) in [5.74, 6) is 0.777. The Kier molecular flexibility index (Phi) is 3.69. The van der Waals surface area contributed by atoms with Gasteiger partial charge in [0.1, 0.15) is 0 Å². The number of ether oxygens (including phenoxy) is 1. The number of aryl methyl sites for hydroxylation is 1. The van der Waals surface area contributed by atoms with E-state index in [1.165, 1.54) is 11.1 Å². The van der Waals surface area contributed by atoms with Gasteiger partial charge in [-0.15, -0.1) is 0 Å². The van der Waals surface area contributed by atoms with E-state index >= 15 is 0 Å². The molecule has 2 bridgehead atoms. The van der Waals surface area contributed by atoms with Crippen molar-refractivity contribution >= 4 is 5.91 Å². The van der Waals surface area contributed by atoms with Crippen LogP contribution in [-0.2, 0) is 14.9 Å². The maximum Gasteiger partial charge on any atom is 0.233 e. The maximum atomic E-state index is 13.3. The van der Waals surface area contributed by atoms with Gasteiger partial charge in [0.25, 0.3) is 0 Å². The van der Waals surface area contributed by atoms with Gasteiger partial charge in [0, 0.05) is 25.6 Å². The summed E-state index contributed by atoms with van der Waals surface area (Å²) in [4.78, 5) is 17.8. The standard InChI is InChI=1S/C19H26N2O2/c1-14-3-5-16(6-4-14)19(7-8-19)18(22)21-10-15-9-20(2)17(11-21)13-23-12-15/h3-6,15,17H,7-13H2,1-2H3/t15-,17+/m1/s1. The first-order chi connectivity index (χ1) is 11.1. The van der Waals surface area contributed by atoms with E-state index < -0.39 is 0 Å². The number of likely N-dealkylation sites (N-methyl/N-ethyl adjacent to an activating group) is 1. The first-order valence-electron chi connectivity index (χ1n) is 8.73. The molecule has 0 unspecified atom stereocenters. The van der Waals surface area contributed by atoms with Crippen molar-refractivity contribution in [3.05, 3.63) is 35.4 Å². The highest BCUT2D eigenvalue weighted by Gasteiger charge is 2.53. The van der Waals surface area contributed by atoms with E-state index in [0.29, 0.717) is 17.9 Å². The Bertz CT molecular complexity index is 594. The van der Waals surface area contributed by atoms with E-state index in [4.69, 9.17) is 4.74 Å². The molecule has 0 aromatic heterocycles. The van der Waals surface area contributed by atoms with E-state index in [9.17, 15) is 4.79 Å². The van der Waals surface area contributed by atoms with Crippen LogP contribution >= 0.6 is 0 Å². The molecule has 4 rings (SSSR count). The summed E-state index contributed by atoms with van der Waals surface area (Å²) in [6.07, 6.45) is 1.99. The van der Waals surface area contributed by atoms with Crippen molar-refractivity contribution in [1.82, 2.24) is 9.80 Å². The van der Waals surface area contributed by atoms with Crippen LogP contribution in [-0.4, -0.2) is 61.6 Å². The van der Waals surface area contributed by atoms with Crippen LogP contribution in [0.5, 0.6) is 0 Å². The Morgan fingerprint density at radius 2 is 1.87 bits per heavy atom. The summed E-state index contributed by atoms with van der Waals surface area (Å²) in [5.41, 5.74) is 2.21. The largest absolute Gasteiger partial charge is 0.379 e. The summed E-state index contributed by atoms with van der Waals surface area (Å²) in [5, 5.41) is 0. The van der Waals surface area contributed by atoms with Crippen molar-refractivity contribution in [2.45, 2.75) is 31.2 Å². The Hall–Kier alpha value is -1.39. The fourth-order valence-corrected chi connectivity index (χ4v) is 4.14. The molecule has 2 heterocycles. The van der Waals surface area contributed by atoms with Gasteiger partial charge in [-0.3, -0.25) is 9.69 Å². The number of nitrogens with zero attached hydrogens (tertiary/aromatic N) is 2. The molecular formula is C19H26N2O2. The number of benzene rings is 1. The average molecular weight is 314 g/mol. The van der Waals surface area contributed by atoms with Gasteiger partial charge in [0.2, 0.25) is 5.91 Å². The molecule has 0 radical (unpaired) electrons.